The molecule has 96 heavy (non-hydrogen) atoms. The van der Waals surface area contributed by atoms with Crippen LogP contribution in [0.15, 0.2) is 140 Å². The van der Waals surface area contributed by atoms with Crippen molar-refractivity contribution >= 4 is 62.7 Å². The normalized spacial score (nSPS) is 16.0. The van der Waals surface area contributed by atoms with Crippen molar-refractivity contribution in [2.45, 2.75) is 142 Å². The number of carbonyl (C=O) groups excluding carboxylic acids is 5. The zero-order chi connectivity index (χ0) is 67.5. The molecule has 2 aliphatic carbocycles. The van der Waals surface area contributed by atoms with Gasteiger partial charge in [0.05, 0.1) is 75.1 Å². The molecule has 0 unspecified atom stereocenters. The molecule has 0 aliphatic heterocycles. The molecule has 21 heteroatoms. The van der Waals surface area contributed by atoms with E-state index >= 15 is 0 Å². The minimum absolute atomic E-state index is 0.127. The summed E-state index contributed by atoms with van der Waals surface area (Å²) < 4.78 is 45.9. The number of hydrazone groups is 1. The molecule has 0 spiro atoms. The second-order valence-corrected chi connectivity index (χ2v) is 24.9. The fourth-order valence-electron chi connectivity index (χ4n) is 11.1. The van der Waals surface area contributed by atoms with Gasteiger partial charge in [-0.05, 0) is 224 Å². The lowest BCUT2D eigenvalue weighted by Gasteiger charge is -2.26. The van der Waals surface area contributed by atoms with Crippen molar-refractivity contribution in [1.29, 1.82) is 0 Å². The summed E-state index contributed by atoms with van der Waals surface area (Å²) in [6.45, 7) is 12.1. The number of unbranched alkanes of at least 4 members (excludes halogenated alkanes) is 10. The van der Waals surface area contributed by atoms with Gasteiger partial charge < -0.3 is 47.7 Å². The number of rotatable bonds is 42. The number of hydrogen-bond acceptors (Lipinski definition) is 21. The van der Waals surface area contributed by atoms with Gasteiger partial charge in [-0.25, -0.2) is 24.4 Å². The van der Waals surface area contributed by atoms with E-state index in [0.717, 1.165) is 131 Å². The Balaban J connectivity index is 0.803. The summed E-state index contributed by atoms with van der Waals surface area (Å²) >= 11 is 1.51. The molecule has 2 saturated carbocycles. The van der Waals surface area contributed by atoms with Gasteiger partial charge in [0, 0.05) is 24.3 Å². The van der Waals surface area contributed by atoms with E-state index < -0.39 is 17.9 Å². The Kier molecular flexibility index (Phi) is 30.9. The van der Waals surface area contributed by atoms with E-state index in [9.17, 15) is 24.0 Å². The summed E-state index contributed by atoms with van der Waals surface area (Å²) in [6.07, 6.45) is 22.0. The van der Waals surface area contributed by atoms with Crippen LogP contribution in [0.2, 0.25) is 0 Å². The third-order valence-electron chi connectivity index (χ3n) is 16.7. The number of methoxy groups -OCH3 is 1. The summed E-state index contributed by atoms with van der Waals surface area (Å²) in [4.78, 5) is 90.8. The van der Waals surface area contributed by atoms with E-state index in [1.807, 2.05) is 35.3 Å². The van der Waals surface area contributed by atoms with Gasteiger partial charge >= 0.3 is 29.8 Å². The SMILES string of the molecule is C=CC(=O)OCCCCCCOc1ccc(OOCC2CCC(C(=O)Oc3ccc(C(=O)Oc4ccc(OOCC5CCC(C(=O)Oc6ccc(OCCCCCCOC(=O)C=C)cc6)CC5)c(/C=N/N(CCCCCCC)c5nc6c(OC)cccc6s5)c4)cc3)CC2)cc1. The molecule has 0 saturated heterocycles. The molecule has 514 valence electrons. The Hall–Kier alpha value is -8.79. The van der Waals surface area contributed by atoms with Crippen molar-refractivity contribution in [3.8, 4) is 46.0 Å². The van der Waals surface area contributed by atoms with Gasteiger partial charge in [0.25, 0.3) is 0 Å². The fraction of sp³-hybridized carbons (Fsp3) is 0.453. The highest BCUT2D eigenvalue weighted by Gasteiger charge is 2.30. The lowest BCUT2D eigenvalue weighted by atomic mass is 9.82. The molecule has 8 rings (SSSR count). The third-order valence-corrected chi connectivity index (χ3v) is 17.7. The second-order valence-electron chi connectivity index (χ2n) is 23.9. The summed E-state index contributed by atoms with van der Waals surface area (Å²) in [5.41, 5.74) is 1.47. The molecule has 2 aliphatic rings. The second kappa shape index (κ2) is 40.6. The monoisotopic (exact) mass is 1340 g/mol. The molecule has 6 aromatic rings. The Morgan fingerprint density at radius 3 is 1.59 bits per heavy atom. The highest BCUT2D eigenvalue weighted by molar-refractivity contribution is 7.22. The van der Waals surface area contributed by atoms with Gasteiger partial charge in [0.15, 0.2) is 11.5 Å². The first-order valence-electron chi connectivity index (χ1n) is 33.7. The topological polar surface area (TPSA) is 225 Å². The number of carbonyl (C=O) groups is 5. The summed E-state index contributed by atoms with van der Waals surface area (Å²) in [7, 11) is 1.63. The summed E-state index contributed by atoms with van der Waals surface area (Å²) in [6, 6.07) is 31.4. The first-order valence-corrected chi connectivity index (χ1v) is 34.6. The number of hydrogen-bond donors (Lipinski definition) is 0. The Bertz CT molecular complexity index is 3410. The van der Waals surface area contributed by atoms with Crippen molar-refractivity contribution in [2.24, 2.45) is 28.8 Å². The highest BCUT2D eigenvalue weighted by Crippen LogP contribution is 2.37. The van der Waals surface area contributed by atoms with Gasteiger partial charge in [-0.1, -0.05) is 63.2 Å². The molecule has 2 fully saturated rings. The highest BCUT2D eigenvalue weighted by atomic mass is 32.1. The number of thiazole rings is 1. The van der Waals surface area contributed by atoms with Crippen LogP contribution in [-0.4, -0.2) is 94.3 Å². The smallest absolute Gasteiger partial charge is 0.343 e. The van der Waals surface area contributed by atoms with Gasteiger partial charge in [0.1, 0.15) is 40.0 Å². The van der Waals surface area contributed by atoms with Gasteiger partial charge in [-0.2, -0.15) is 14.9 Å². The maximum absolute atomic E-state index is 13.7. The Labute approximate surface area is 567 Å². The molecular formula is C75H91N3O17S. The van der Waals surface area contributed by atoms with Crippen LogP contribution in [0.25, 0.3) is 10.2 Å². The predicted molar refractivity (Wildman–Crippen MR) is 366 cm³/mol. The maximum atomic E-state index is 13.7. The van der Waals surface area contributed by atoms with Crippen LogP contribution in [0, 0.1) is 23.7 Å². The van der Waals surface area contributed by atoms with Gasteiger partial charge in [-0.15, -0.1) is 0 Å². The zero-order valence-electron chi connectivity index (χ0n) is 55.3. The number of fused-ring (bicyclic) bond motifs is 1. The van der Waals surface area contributed by atoms with Crippen molar-refractivity contribution < 1.29 is 81.4 Å². The van der Waals surface area contributed by atoms with E-state index in [0.29, 0.717) is 110 Å². The van der Waals surface area contributed by atoms with Crippen LogP contribution in [0.5, 0.6) is 46.0 Å². The van der Waals surface area contributed by atoms with Gasteiger partial charge in [0.2, 0.25) is 5.13 Å². The van der Waals surface area contributed by atoms with Crippen molar-refractivity contribution in [2.75, 3.05) is 58.3 Å². The molecule has 0 amide bonds. The summed E-state index contributed by atoms with van der Waals surface area (Å²) in [5.74, 6) is 1.80. The largest absolute Gasteiger partial charge is 0.494 e. The average Bonchev–Trinajstić information content (AvgIpc) is 1.71. The standard InChI is InChI=1S/C75H91N3O17S/c1-5-8-9-10-15-45-78(75-77-71-67(84-4)21-20-22-68(71)96-75)76-51-59-50-65(43-44-66(59)95-90-53-55-25-29-57(30-26-55)73(82)92-63-39-35-60(36-40-63)85-46-16-11-13-18-48-87-69(79)6-2)93-74(83)58-31-33-62(34-32-58)91-72(81)56-27-23-54(24-28-56)52-89-94-64-41-37-61(38-42-64)86-47-17-12-14-19-49-88-70(80)7-3/h6-7,20-22,31-44,50-51,54-57H,2-3,5,8-19,23-30,45-49,52-53H2,1,4H3/b76-51+. The first kappa shape index (κ1) is 73.0. The number of anilines is 1. The van der Waals surface area contributed by atoms with Crippen LogP contribution in [0.3, 0.4) is 0 Å². The molecule has 1 heterocycles. The zero-order valence-corrected chi connectivity index (χ0v) is 56.2. The van der Waals surface area contributed by atoms with Crippen LogP contribution in [0.1, 0.15) is 158 Å². The van der Waals surface area contributed by atoms with Crippen LogP contribution >= 0.6 is 11.3 Å². The van der Waals surface area contributed by atoms with E-state index in [-0.39, 0.29) is 53.5 Å². The number of ether oxygens (including phenoxy) is 8. The lowest BCUT2D eigenvalue weighted by Crippen LogP contribution is -2.27. The average molecular weight is 1340 g/mol. The van der Waals surface area contributed by atoms with E-state index in [2.05, 4.69) is 20.1 Å². The van der Waals surface area contributed by atoms with Crippen LogP contribution in [0.4, 0.5) is 5.13 Å². The fourth-order valence-corrected chi connectivity index (χ4v) is 12.0. The van der Waals surface area contributed by atoms with E-state index in [4.69, 9.17) is 67.5 Å². The molecule has 0 N–H and O–H groups in total. The molecule has 0 bridgehead atoms. The van der Waals surface area contributed by atoms with Crippen LogP contribution < -0.4 is 43.2 Å². The first-order chi connectivity index (χ1) is 47.0. The number of nitrogens with zero attached hydrogens (tertiary/aromatic N) is 3. The van der Waals surface area contributed by atoms with Crippen molar-refractivity contribution in [3.05, 3.63) is 146 Å². The van der Waals surface area contributed by atoms with Crippen molar-refractivity contribution in [1.82, 2.24) is 4.98 Å². The minimum atomic E-state index is -0.625. The third kappa shape index (κ3) is 24.8. The minimum Gasteiger partial charge on any atom is -0.494 e. The Morgan fingerprint density at radius 2 is 1.04 bits per heavy atom. The Morgan fingerprint density at radius 1 is 0.542 bits per heavy atom. The summed E-state index contributed by atoms with van der Waals surface area (Å²) in [5, 5.41) is 7.55. The van der Waals surface area contributed by atoms with Crippen LogP contribution in [-0.2, 0) is 38.4 Å². The molecule has 5 aromatic carbocycles. The predicted octanol–water partition coefficient (Wildman–Crippen LogP) is 16.1. The number of aromatic nitrogens is 1. The molecule has 0 atom stereocenters. The number of para-hydroxylation sites is 1. The molecular weight excluding hydrogens is 1250 g/mol. The lowest BCUT2D eigenvalue weighted by molar-refractivity contribution is -0.218. The molecule has 20 nitrogen and oxygen atoms in total. The number of esters is 5. The van der Waals surface area contributed by atoms with E-state index in [1.54, 1.807) is 92.2 Å². The van der Waals surface area contributed by atoms with E-state index in [1.165, 1.54) is 17.4 Å². The van der Waals surface area contributed by atoms with Crippen molar-refractivity contribution in [3.63, 3.8) is 0 Å². The van der Waals surface area contributed by atoms with Gasteiger partial charge in [-0.3, -0.25) is 9.59 Å². The molecule has 0 radical (unpaired) electrons. The maximum Gasteiger partial charge on any atom is 0.343 e. The number of benzene rings is 5. The molecule has 1 aromatic heterocycles. The quantitative estimate of drug-likeness (QED) is 0.00660.